The molecule has 0 fully saturated rings. The Balaban J connectivity index is 3.34. The lowest BCUT2D eigenvalue weighted by Gasteiger charge is -2.22. The molecule has 0 aliphatic rings. The summed E-state index contributed by atoms with van der Waals surface area (Å²) in [7, 11) is 0. The van der Waals surface area contributed by atoms with Gasteiger partial charge in [-0.3, -0.25) is 9.59 Å². The van der Waals surface area contributed by atoms with Crippen LogP contribution in [-0.2, 0) is 14.3 Å². The van der Waals surface area contributed by atoms with Crippen LogP contribution in [0.5, 0.6) is 0 Å². The van der Waals surface area contributed by atoms with Gasteiger partial charge in [0.05, 0.1) is 25.4 Å². The maximum atomic E-state index is 12.5. The van der Waals surface area contributed by atoms with Gasteiger partial charge in [0.1, 0.15) is 0 Å². The number of carbonyl (C=O) groups is 2. The molecule has 0 heterocycles. The molecule has 3 N–H and O–H groups in total. The first-order valence-electron chi connectivity index (χ1n) is 35.4. The third kappa shape index (κ3) is 63.6. The lowest BCUT2D eigenvalue weighted by molar-refractivity contribution is -0.143. The van der Waals surface area contributed by atoms with Crippen molar-refractivity contribution in [2.75, 3.05) is 13.2 Å². The average Bonchev–Trinajstić information content (AvgIpc) is 3.43. The molecule has 6 nitrogen and oxygen atoms in total. The maximum Gasteiger partial charge on any atom is 0.305 e. The highest BCUT2D eigenvalue weighted by Gasteiger charge is 2.20. The summed E-state index contributed by atoms with van der Waals surface area (Å²) in [6.45, 7) is 4.96. The molecular weight excluding hydrogens is 947 g/mol. The number of rotatable bonds is 67. The minimum Gasteiger partial charge on any atom is -0.466 e. The number of unbranched alkanes of at least 4 members (excludes halogenated alkanes) is 54. The number of aliphatic hydroxyl groups excluding tert-OH is 2. The Labute approximate surface area is 482 Å². The number of ether oxygens (including phenoxy) is 1. The predicted octanol–water partition coefficient (Wildman–Crippen LogP) is 22.8. The second kappa shape index (κ2) is 67.1. The Kier molecular flexibility index (Phi) is 65.9. The first-order valence-corrected chi connectivity index (χ1v) is 35.4. The van der Waals surface area contributed by atoms with Crippen molar-refractivity contribution in [3.63, 3.8) is 0 Å². The van der Waals surface area contributed by atoms with Crippen molar-refractivity contribution in [1.29, 1.82) is 0 Å². The summed E-state index contributed by atoms with van der Waals surface area (Å²) in [6.07, 6.45) is 82.7. The van der Waals surface area contributed by atoms with Crippen LogP contribution in [0.15, 0.2) is 12.2 Å². The van der Waals surface area contributed by atoms with Crippen molar-refractivity contribution in [2.24, 2.45) is 0 Å². The monoisotopic (exact) mass is 1090 g/mol. The number of nitrogens with one attached hydrogen (secondary N) is 1. The van der Waals surface area contributed by atoms with E-state index >= 15 is 0 Å². The first-order chi connectivity index (χ1) is 38.0. The molecule has 6 heteroatoms. The molecule has 0 spiro atoms. The molecule has 77 heavy (non-hydrogen) atoms. The molecule has 0 saturated carbocycles. The highest BCUT2D eigenvalue weighted by atomic mass is 16.5. The highest BCUT2D eigenvalue weighted by molar-refractivity contribution is 5.76. The highest BCUT2D eigenvalue weighted by Crippen LogP contribution is 2.19. The summed E-state index contributed by atoms with van der Waals surface area (Å²) < 4.78 is 5.47. The zero-order valence-corrected chi connectivity index (χ0v) is 52.5. The molecule has 0 aliphatic carbocycles. The Morgan fingerprint density at radius 3 is 0.961 bits per heavy atom. The summed E-state index contributed by atoms with van der Waals surface area (Å²) in [5.74, 6) is -0.0174. The van der Waals surface area contributed by atoms with Crippen molar-refractivity contribution in [3.8, 4) is 0 Å². The van der Waals surface area contributed by atoms with Gasteiger partial charge in [0.2, 0.25) is 5.91 Å². The van der Waals surface area contributed by atoms with Crippen LogP contribution in [0, 0.1) is 0 Å². The summed E-state index contributed by atoms with van der Waals surface area (Å²) in [5, 5.41) is 23.4. The number of allylic oxidation sites excluding steroid dienone is 2. The normalized spacial score (nSPS) is 12.5. The van der Waals surface area contributed by atoms with Crippen molar-refractivity contribution in [1.82, 2.24) is 5.32 Å². The van der Waals surface area contributed by atoms with Crippen LogP contribution in [0.1, 0.15) is 406 Å². The molecule has 0 saturated heterocycles. The van der Waals surface area contributed by atoms with E-state index in [1.54, 1.807) is 0 Å². The van der Waals surface area contributed by atoms with Gasteiger partial charge in [0.15, 0.2) is 0 Å². The van der Waals surface area contributed by atoms with E-state index in [0.717, 1.165) is 44.9 Å². The van der Waals surface area contributed by atoms with E-state index in [1.807, 2.05) is 0 Å². The quantitative estimate of drug-likeness (QED) is 0.0320. The minimum absolute atomic E-state index is 0.00921. The van der Waals surface area contributed by atoms with Gasteiger partial charge in [0.25, 0.3) is 0 Å². The molecule has 2 unspecified atom stereocenters. The van der Waals surface area contributed by atoms with Crippen LogP contribution in [0.25, 0.3) is 0 Å². The molecular formula is C71H139NO5. The van der Waals surface area contributed by atoms with E-state index < -0.39 is 12.1 Å². The first kappa shape index (κ1) is 75.6. The van der Waals surface area contributed by atoms with Crippen LogP contribution >= 0.6 is 0 Å². The lowest BCUT2D eigenvalue weighted by atomic mass is 10.0. The second-order valence-electron chi connectivity index (χ2n) is 24.6. The van der Waals surface area contributed by atoms with E-state index in [2.05, 4.69) is 31.3 Å². The number of esters is 1. The fourth-order valence-electron chi connectivity index (χ4n) is 11.4. The van der Waals surface area contributed by atoms with Crippen LogP contribution in [0.2, 0.25) is 0 Å². The number of aliphatic hydroxyl groups is 2. The molecule has 0 aromatic rings. The Hall–Kier alpha value is -1.40. The molecule has 2 atom stereocenters. The van der Waals surface area contributed by atoms with Gasteiger partial charge in [-0.1, -0.05) is 360 Å². The Bertz CT molecular complexity index is 1160. The van der Waals surface area contributed by atoms with Crippen LogP contribution in [-0.4, -0.2) is 47.4 Å². The molecule has 0 aromatic heterocycles. The topological polar surface area (TPSA) is 95.9 Å². The Morgan fingerprint density at radius 1 is 0.351 bits per heavy atom. The number of amides is 1. The zero-order valence-electron chi connectivity index (χ0n) is 52.5. The van der Waals surface area contributed by atoms with Crippen LogP contribution in [0.3, 0.4) is 0 Å². The minimum atomic E-state index is -0.662. The van der Waals surface area contributed by atoms with Crippen molar-refractivity contribution < 1.29 is 24.5 Å². The maximum absolute atomic E-state index is 12.5. The van der Waals surface area contributed by atoms with Crippen LogP contribution < -0.4 is 5.32 Å². The predicted molar refractivity (Wildman–Crippen MR) is 338 cm³/mol. The molecule has 0 rings (SSSR count). The van der Waals surface area contributed by atoms with Gasteiger partial charge in [-0.05, 0) is 44.9 Å². The molecule has 0 bridgehead atoms. The summed E-state index contributed by atoms with van der Waals surface area (Å²) in [5.41, 5.74) is 0. The number of hydrogen-bond donors (Lipinski definition) is 3. The molecule has 0 aliphatic heterocycles. The van der Waals surface area contributed by atoms with E-state index in [9.17, 15) is 19.8 Å². The number of hydrogen-bond acceptors (Lipinski definition) is 5. The Morgan fingerprint density at radius 2 is 0.623 bits per heavy atom. The summed E-state index contributed by atoms with van der Waals surface area (Å²) in [6, 6.07) is -0.539. The van der Waals surface area contributed by atoms with E-state index in [1.165, 1.54) is 327 Å². The van der Waals surface area contributed by atoms with Gasteiger partial charge >= 0.3 is 5.97 Å². The van der Waals surface area contributed by atoms with Gasteiger partial charge in [-0.15, -0.1) is 0 Å². The molecule has 1 amide bonds. The standard InChI is InChI=1S/C71H139NO5/c1-3-5-7-9-11-13-15-16-17-18-19-31-34-37-40-44-47-51-55-59-63-69(74)68(67-73)72-70(75)64-60-56-52-48-45-41-38-35-32-29-27-25-23-21-20-22-24-26-28-30-33-36-39-42-46-50-54-58-62-66-77-71(76)65-61-57-53-49-43-14-12-10-8-6-4-2/h10,12,68-69,73-74H,3-9,11,13-67H2,1-2H3,(H,72,75)/b12-10-. The lowest BCUT2D eigenvalue weighted by Crippen LogP contribution is -2.45. The average molecular weight is 1090 g/mol. The zero-order chi connectivity index (χ0) is 55.7. The van der Waals surface area contributed by atoms with E-state index in [-0.39, 0.29) is 18.5 Å². The van der Waals surface area contributed by atoms with Crippen molar-refractivity contribution in [2.45, 2.75) is 418 Å². The number of carbonyl (C=O) groups excluding carboxylic acids is 2. The van der Waals surface area contributed by atoms with Gasteiger partial charge < -0.3 is 20.3 Å². The van der Waals surface area contributed by atoms with E-state index in [4.69, 9.17) is 4.74 Å². The smallest absolute Gasteiger partial charge is 0.305 e. The van der Waals surface area contributed by atoms with Crippen molar-refractivity contribution in [3.05, 3.63) is 12.2 Å². The van der Waals surface area contributed by atoms with E-state index in [0.29, 0.717) is 25.9 Å². The van der Waals surface area contributed by atoms with Crippen molar-refractivity contribution >= 4 is 11.9 Å². The second-order valence-corrected chi connectivity index (χ2v) is 24.6. The molecule has 0 radical (unpaired) electrons. The summed E-state index contributed by atoms with van der Waals surface area (Å²) in [4.78, 5) is 24.5. The largest absolute Gasteiger partial charge is 0.466 e. The fourth-order valence-corrected chi connectivity index (χ4v) is 11.4. The molecule has 0 aromatic carbocycles. The van der Waals surface area contributed by atoms with Gasteiger partial charge in [-0.25, -0.2) is 0 Å². The fraction of sp³-hybridized carbons (Fsp3) is 0.944. The molecule has 458 valence electrons. The third-order valence-corrected chi connectivity index (χ3v) is 16.8. The van der Waals surface area contributed by atoms with Crippen LogP contribution in [0.4, 0.5) is 0 Å². The third-order valence-electron chi connectivity index (χ3n) is 16.8. The van der Waals surface area contributed by atoms with Gasteiger partial charge in [0, 0.05) is 12.8 Å². The SMILES string of the molecule is CCCC/C=C\CCCCCCCC(=O)OCCCCCCCCCCCCCCCCCCCCCCCCCCCCCCCC(=O)NC(CO)C(O)CCCCCCCCCCCCCCCCCCCCCC. The summed E-state index contributed by atoms with van der Waals surface area (Å²) >= 11 is 0. The van der Waals surface area contributed by atoms with Gasteiger partial charge in [-0.2, -0.15) is 0 Å².